The summed E-state index contributed by atoms with van der Waals surface area (Å²) in [7, 11) is 1.89. The van der Waals surface area contributed by atoms with Crippen molar-refractivity contribution in [2.45, 2.75) is 25.4 Å². The molecule has 0 spiro atoms. The second kappa shape index (κ2) is 10.4. The van der Waals surface area contributed by atoms with Gasteiger partial charge in [-0.05, 0) is 49.4 Å². The average molecular weight is 447 g/mol. The number of amides is 1. The van der Waals surface area contributed by atoms with Crippen LogP contribution in [0.2, 0.25) is 5.02 Å². The van der Waals surface area contributed by atoms with Crippen molar-refractivity contribution in [3.05, 3.63) is 53.3 Å². The van der Waals surface area contributed by atoms with Gasteiger partial charge in [-0.2, -0.15) is 0 Å². The number of nitrogens with zero attached hydrogens (tertiary/aromatic N) is 3. The quantitative estimate of drug-likeness (QED) is 0.468. The van der Waals surface area contributed by atoms with Crippen LogP contribution in [0.4, 0.5) is 5.69 Å². The van der Waals surface area contributed by atoms with Crippen molar-refractivity contribution in [2.75, 3.05) is 17.7 Å². The van der Waals surface area contributed by atoms with Gasteiger partial charge in [0.15, 0.2) is 10.9 Å². The number of carbonyl (C=O) groups is 1. The number of hydrogen-bond acceptors (Lipinski definition) is 6. The first-order valence-electron chi connectivity index (χ1n) is 9.51. The first kappa shape index (κ1) is 22.0. The zero-order chi connectivity index (χ0) is 21.5. The monoisotopic (exact) mass is 446 g/mol. The van der Waals surface area contributed by atoms with Crippen molar-refractivity contribution >= 4 is 35.0 Å². The van der Waals surface area contributed by atoms with Crippen molar-refractivity contribution in [3.8, 4) is 17.2 Å². The predicted molar refractivity (Wildman–Crippen MR) is 119 cm³/mol. The zero-order valence-electron chi connectivity index (χ0n) is 17.0. The molecular formula is C21H23ClN4O3S. The van der Waals surface area contributed by atoms with E-state index in [4.69, 9.17) is 21.1 Å². The van der Waals surface area contributed by atoms with Crippen LogP contribution in [0.1, 0.15) is 19.7 Å². The number of carbonyl (C=O) groups excluding carboxylic acids is 1. The SMILES string of the molecule is CCOc1ccc(Oc2ccc(Cl)cc2NC(=O)CSc2nnc(CC)n2C)cc1. The van der Waals surface area contributed by atoms with Crippen LogP contribution in [-0.2, 0) is 18.3 Å². The molecule has 0 saturated heterocycles. The van der Waals surface area contributed by atoms with Crippen LogP contribution in [0.3, 0.4) is 0 Å². The molecule has 2 aromatic carbocycles. The maximum absolute atomic E-state index is 12.5. The lowest BCUT2D eigenvalue weighted by atomic mass is 10.2. The number of benzene rings is 2. The number of ether oxygens (including phenoxy) is 2. The second-order valence-corrected chi connectivity index (χ2v) is 7.67. The maximum Gasteiger partial charge on any atom is 0.234 e. The molecule has 0 aliphatic carbocycles. The molecule has 1 N–H and O–H groups in total. The van der Waals surface area contributed by atoms with Crippen molar-refractivity contribution in [1.82, 2.24) is 14.8 Å². The molecule has 0 atom stereocenters. The van der Waals surface area contributed by atoms with E-state index in [0.717, 1.165) is 18.0 Å². The summed E-state index contributed by atoms with van der Waals surface area (Å²) in [6.07, 6.45) is 0.783. The Morgan fingerprint density at radius 1 is 1.13 bits per heavy atom. The van der Waals surface area contributed by atoms with Crippen LogP contribution < -0.4 is 14.8 Å². The minimum absolute atomic E-state index is 0.185. The van der Waals surface area contributed by atoms with Gasteiger partial charge in [0.2, 0.25) is 5.91 Å². The molecule has 1 heterocycles. The Labute approximate surface area is 184 Å². The summed E-state index contributed by atoms with van der Waals surface area (Å²) in [4.78, 5) is 12.5. The number of anilines is 1. The normalized spacial score (nSPS) is 10.7. The van der Waals surface area contributed by atoms with Gasteiger partial charge in [0.25, 0.3) is 0 Å². The highest BCUT2D eigenvalue weighted by Gasteiger charge is 2.13. The lowest BCUT2D eigenvalue weighted by Gasteiger charge is -2.13. The van der Waals surface area contributed by atoms with E-state index < -0.39 is 0 Å². The van der Waals surface area contributed by atoms with Crippen molar-refractivity contribution in [2.24, 2.45) is 7.05 Å². The van der Waals surface area contributed by atoms with Crippen molar-refractivity contribution in [1.29, 1.82) is 0 Å². The number of hydrogen-bond donors (Lipinski definition) is 1. The highest BCUT2D eigenvalue weighted by Crippen LogP contribution is 2.33. The van der Waals surface area contributed by atoms with Crippen LogP contribution in [0.15, 0.2) is 47.6 Å². The molecule has 3 rings (SSSR count). The van der Waals surface area contributed by atoms with Gasteiger partial charge in [-0.3, -0.25) is 4.79 Å². The molecule has 158 valence electrons. The summed E-state index contributed by atoms with van der Waals surface area (Å²) in [5.41, 5.74) is 0.495. The molecule has 0 aliphatic rings. The van der Waals surface area contributed by atoms with Crippen LogP contribution in [0.5, 0.6) is 17.2 Å². The Kier molecular flexibility index (Phi) is 7.59. The van der Waals surface area contributed by atoms with E-state index >= 15 is 0 Å². The second-order valence-electron chi connectivity index (χ2n) is 6.30. The fourth-order valence-electron chi connectivity index (χ4n) is 2.68. The fourth-order valence-corrected chi connectivity index (χ4v) is 3.58. The third-order valence-corrected chi connectivity index (χ3v) is 5.41. The van der Waals surface area contributed by atoms with E-state index in [9.17, 15) is 4.79 Å². The summed E-state index contributed by atoms with van der Waals surface area (Å²) in [5.74, 6) is 2.75. The highest BCUT2D eigenvalue weighted by molar-refractivity contribution is 7.99. The number of halogens is 1. The maximum atomic E-state index is 12.5. The van der Waals surface area contributed by atoms with Gasteiger partial charge >= 0.3 is 0 Å². The molecule has 30 heavy (non-hydrogen) atoms. The molecule has 0 fully saturated rings. The lowest BCUT2D eigenvalue weighted by molar-refractivity contribution is -0.113. The van der Waals surface area contributed by atoms with Gasteiger partial charge in [-0.1, -0.05) is 30.3 Å². The lowest BCUT2D eigenvalue weighted by Crippen LogP contribution is -2.15. The van der Waals surface area contributed by atoms with Gasteiger partial charge in [0, 0.05) is 18.5 Å². The third kappa shape index (κ3) is 5.67. The molecule has 0 bridgehead atoms. The topological polar surface area (TPSA) is 78.3 Å². The van der Waals surface area contributed by atoms with Gasteiger partial charge < -0.3 is 19.4 Å². The van der Waals surface area contributed by atoms with Gasteiger partial charge in [0.05, 0.1) is 18.0 Å². The summed E-state index contributed by atoms with van der Waals surface area (Å²) in [5, 5.41) is 12.3. The smallest absolute Gasteiger partial charge is 0.234 e. The largest absolute Gasteiger partial charge is 0.494 e. The summed E-state index contributed by atoms with van der Waals surface area (Å²) in [6.45, 7) is 4.54. The average Bonchev–Trinajstić information content (AvgIpc) is 3.09. The fraction of sp³-hybridized carbons (Fsp3) is 0.286. The van der Waals surface area contributed by atoms with Crippen LogP contribution in [0, 0.1) is 0 Å². The van der Waals surface area contributed by atoms with E-state index in [2.05, 4.69) is 15.5 Å². The Bertz CT molecular complexity index is 1010. The van der Waals surface area contributed by atoms with E-state index in [1.807, 2.05) is 37.6 Å². The summed E-state index contributed by atoms with van der Waals surface area (Å²) >= 11 is 7.44. The number of thioether (sulfide) groups is 1. The Morgan fingerprint density at radius 2 is 1.87 bits per heavy atom. The van der Waals surface area contributed by atoms with Gasteiger partial charge in [-0.15, -0.1) is 10.2 Å². The van der Waals surface area contributed by atoms with Crippen molar-refractivity contribution < 1.29 is 14.3 Å². The van der Waals surface area contributed by atoms with E-state index in [1.54, 1.807) is 30.3 Å². The molecule has 1 aromatic heterocycles. The Balaban J connectivity index is 1.66. The summed E-state index contributed by atoms with van der Waals surface area (Å²) in [6, 6.07) is 12.4. The molecule has 0 saturated carbocycles. The van der Waals surface area contributed by atoms with Gasteiger partial charge in [-0.25, -0.2) is 0 Å². The zero-order valence-corrected chi connectivity index (χ0v) is 18.6. The molecule has 3 aromatic rings. The first-order valence-corrected chi connectivity index (χ1v) is 10.9. The molecular weight excluding hydrogens is 424 g/mol. The summed E-state index contributed by atoms with van der Waals surface area (Å²) < 4.78 is 13.3. The molecule has 0 aliphatic heterocycles. The third-order valence-electron chi connectivity index (χ3n) is 4.15. The number of rotatable bonds is 9. The van der Waals surface area contributed by atoms with E-state index in [1.165, 1.54) is 11.8 Å². The minimum Gasteiger partial charge on any atom is -0.494 e. The number of aryl methyl sites for hydroxylation is 1. The standard InChI is InChI=1S/C21H23ClN4O3S/c1-4-19-24-25-21(26(19)3)30-13-20(27)23-17-12-14(22)6-11-18(17)29-16-9-7-15(8-10-16)28-5-2/h6-12H,4-5,13H2,1-3H3,(H,23,27). The minimum atomic E-state index is -0.195. The van der Waals surface area contributed by atoms with Crippen molar-refractivity contribution in [3.63, 3.8) is 0 Å². The predicted octanol–water partition coefficient (Wildman–Crippen LogP) is 4.95. The van der Waals surface area contributed by atoms with Gasteiger partial charge in [0.1, 0.15) is 17.3 Å². The highest BCUT2D eigenvalue weighted by atomic mass is 35.5. The van der Waals surface area contributed by atoms with E-state index in [0.29, 0.717) is 34.0 Å². The van der Waals surface area contributed by atoms with E-state index in [-0.39, 0.29) is 11.7 Å². The Morgan fingerprint density at radius 3 is 2.53 bits per heavy atom. The number of aromatic nitrogens is 3. The van der Waals surface area contributed by atoms with Crippen LogP contribution in [-0.4, -0.2) is 33.0 Å². The first-order chi connectivity index (χ1) is 14.5. The molecule has 0 radical (unpaired) electrons. The van der Waals surface area contributed by atoms with Crippen LogP contribution >= 0.6 is 23.4 Å². The molecule has 1 amide bonds. The molecule has 9 heteroatoms. The Hall–Kier alpha value is -2.71. The number of nitrogens with one attached hydrogen (secondary N) is 1. The molecule has 7 nitrogen and oxygen atoms in total. The molecule has 0 unspecified atom stereocenters. The van der Waals surface area contributed by atoms with Crippen LogP contribution in [0.25, 0.3) is 0 Å².